The number of aliphatic carboxylic acids is 1. The highest BCUT2D eigenvalue weighted by atomic mass is 16.4. The minimum Gasteiger partial charge on any atom is -0.481 e. The molecule has 2 fully saturated rings. The quantitative estimate of drug-likeness (QED) is 0.570. The zero-order valence-corrected chi connectivity index (χ0v) is 10.6. The maximum Gasteiger partial charge on any atom is 0.315 e. The minimum atomic E-state index is -0.809. The third kappa shape index (κ3) is 3.59. The Morgan fingerprint density at radius 3 is 2.63 bits per heavy atom. The lowest BCUT2D eigenvalue weighted by Gasteiger charge is -2.23. The molecular weight excluding hydrogens is 250 g/mol. The summed E-state index contributed by atoms with van der Waals surface area (Å²) in [5, 5.41) is 16.9. The van der Waals surface area contributed by atoms with Gasteiger partial charge in [0.1, 0.15) is 6.04 Å². The Morgan fingerprint density at radius 1 is 1.21 bits per heavy atom. The first-order chi connectivity index (χ1) is 9.06. The topological polar surface area (TPSA) is 108 Å². The van der Waals surface area contributed by atoms with Gasteiger partial charge in [0.2, 0.25) is 5.91 Å². The second-order valence-corrected chi connectivity index (χ2v) is 5.15. The smallest absolute Gasteiger partial charge is 0.315 e. The summed E-state index contributed by atoms with van der Waals surface area (Å²) in [5.74, 6) is -1.34. The largest absolute Gasteiger partial charge is 0.481 e. The molecule has 3 atom stereocenters. The molecule has 0 bridgehead atoms. The predicted molar refractivity (Wildman–Crippen MR) is 66.5 cm³/mol. The van der Waals surface area contributed by atoms with Crippen LogP contribution in [0.1, 0.15) is 32.1 Å². The molecule has 0 aromatic heterocycles. The van der Waals surface area contributed by atoms with Crippen LogP contribution in [0.15, 0.2) is 0 Å². The van der Waals surface area contributed by atoms with Crippen LogP contribution in [-0.4, -0.2) is 41.6 Å². The molecule has 0 spiro atoms. The van der Waals surface area contributed by atoms with E-state index in [2.05, 4.69) is 16.0 Å². The molecule has 1 heterocycles. The molecule has 2 aliphatic rings. The average Bonchev–Trinajstić information content (AvgIpc) is 2.80. The number of hydrogen-bond donors (Lipinski definition) is 4. The fourth-order valence-corrected chi connectivity index (χ4v) is 2.63. The number of carboxylic acids is 1. The predicted octanol–water partition coefficient (Wildman–Crippen LogP) is -0.182. The maximum atomic E-state index is 11.7. The third-order valence-electron chi connectivity index (χ3n) is 3.71. The van der Waals surface area contributed by atoms with E-state index in [1.807, 2.05) is 0 Å². The number of carbonyl (C=O) groups is 3. The molecule has 3 amide bonds. The zero-order chi connectivity index (χ0) is 13.8. The van der Waals surface area contributed by atoms with Gasteiger partial charge in [-0.25, -0.2) is 4.79 Å². The van der Waals surface area contributed by atoms with Gasteiger partial charge in [-0.2, -0.15) is 0 Å². The third-order valence-corrected chi connectivity index (χ3v) is 3.71. The number of amides is 3. The molecule has 0 aromatic rings. The van der Waals surface area contributed by atoms with Crippen molar-refractivity contribution in [2.45, 2.75) is 44.2 Å². The molecular formula is C12H19N3O4. The Morgan fingerprint density at radius 2 is 2.00 bits per heavy atom. The van der Waals surface area contributed by atoms with E-state index in [0.29, 0.717) is 32.2 Å². The van der Waals surface area contributed by atoms with E-state index < -0.39 is 18.0 Å². The van der Waals surface area contributed by atoms with Gasteiger partial charge in [0.05, 0.1) is 5.92 Å². The summed E-state index contributed by atoms with van der Waals surface area (Å²) in [4.78, 5) is 34.0. The van der Waals surface area contributed by atoms with Gasteiger partial charge >= 0.3 is 12.0 Å². The standard InChI is InChI=1S/C12H19N3O4/c16-10-9(2-1-5-13-10)15-12(19)14-8-4-3-7(6-8)11(17)18/h7-9H,1-6H2,(H,13,16)(H,17,18)(H2,14,15,19)/t7-,8+,9?/m1/s1. The summed E-state index contributed by atoms with van der Waals surface area (Å²) in [6.45, 7) is 0.654. The number of piperidine rings is 1. The van der Waals surface area contributed by atoms with Gasteiger partial charge in [-0.15, -0.1) is 0 Å². The number of urea groups is 1. The lowest BCUT2D eigenvalue weighted by Crippen LogP contribution is -2.53. The van der Waals surface area contributed by atoms with Crippen LogP contribution in [0, 0.1) is 5.92 Å². The summed E-state index contributed by atoms with van der Waals surface area (Å²) in [7, 11) is 0. The maximum absolute atomic E-state index is 11.7. The lowest BCUT2D eigenvalue weighted by molar-refractivity contribution is -0.141. The van der Waals surface area contributed by atoms with Crippen LogP contribution in [0.4, 0.5) is 4.79 Å². The number of carboxylic acid groups (broad SMARTS) is 1. The van der Waals surface area contributed by atoms with E-state index in [-0.39, 0.29) is 17.9 Å². The second kappa shape index (κ2) is 5.90. The Hall–Kier alpha value is -1.79. The van der Waals surface area contributed by atoms with Crippen LogP contribution in [0.5, 0.6) is 0 Å². The van der Waals surface area contributed by atoms with Crippen molar-refractivity contribution in [1.82, 2.24) is 16.0 Å². The van der Waals surface area contributed by atoms with Gasteiger partial charge in [0.25, 0.3) is 0 Å². The molecule has 4 N–H and O–H groups in total. The van der Waals surface area contributed by atoms with Gasteiger partial charge in [-0.1, -0.05) is 0 Å². The molecule has 0 aromatic carbocycles. The summed E-state index contributed by atoms with van der Waals surface area (Å²) in [6, 6.07) is -0.990. The van der Waals surface area contributed by atoms with E-state index in [1.54, 1.807) is 0 Å². The lowest BCUT2D eigenvalue weighted by atomic mass is 10.1. The van der Waals surface area contributed by atoms with Crippen molar-refractivity contribution in [2.24, 2.45) is 5.92 Å². The molecule has 19 heavy (non-hydrogen) atoms. The number of nitrogens with one attached hydrogen (secondary N) is 3. The summed E-state index contributed by atoms with van der Waals surface area (Å²) in [5.41, 5.74) is 0. The zero-order valence-electron chi connectivity index (χ0n) is 10.6. The van der Waals surface area contributed by atoms with E-state index in [0.717, 1.165) is 6.42 Å². The van der Waals surface area contributed by atoms with E-state index in [9.17, 15) is 14.4 Å². The first-order valence-electron chi connectivity index (χ1n) is 6.64. The van der Waals surface area contributed by atoms with Crippen LogP contribution < -0.4 is 16.0 Å². The van der Waals surface area contributed by atoms with Crippen LogP contribution >= 0.6 is 0 Å². The van der Waals surface area contributed by atoms with Gasteiger partial charge in [-0.05, 0) is 32.1 Å². The van der Waals surface area contributed by atoms with Crippen molar-refractivity contribution >= 4 is 17.9 Å². The van der Waals surface area contributed by atoms with Gasteiger partial charge < -0.3 is 21.1 Å². The summed E-state index contributed by atoms with van der Waals surface area (Å²) < 4.78 is 0. The Labute approximate surface area is 111 Å². The molecule has 7 nitrogen and oxygen atoms in total. The first kappa shape index (κ1) is 13.6. The first-order valence-corrected chi connectivity index (χ1v) is 6.64. The molecule has 7 heteroatoms. The highest BCUT2D eigenvalue weighted by molar-refractivity contribution is 5.87. The van der Waals surface area contributed by atoms with Crippen molar-refractivity contribution in [1.29, 1.82) is 0 Å². The molecule has 106 valence electrons. The number of rotatable bonds is 3. The van der Waals surface area contributed by atoms with Gasteiger partial charge in [0, 0.05) is 12.6 Å². The van der Waals surface area contributed by atoms with E-state index in [4.69, 9.17) is 5.11 Å². The van der Waals surface area contributed by atoms with Crippen molar-refractivity contribution < 1.29 is 19.5 Å². The Balaban J connectivity index is 1.75. The van der Waals surface area contributed by atoms with Crippen molar-refractivity contribution in [3.8, 4) is 0 Å². The average molecular weight is 269 g/mol. The van der Waals surface area contributed by atoms with Crippen LogP contribution in [0.3, 0.4) is 0 Å². The molecule has 2 rings (SSSR count). The molecule has 0 radical (unpaired) electrons. The fourth-order valence-electron chi connectivity index (χ4n) is 2.63. The van der Waals surface area contributed by atoms with Crippen LogP contribution in [-0.2, 0) is 9.59 Å². The molecule has 1 unspecified atom stereocenters. The number of carbonyl (C=O) groups excluding carboxylic acids is 2. The molecule has 1 aliphatic carbocycles. The highest BCUT2D eigenvalue weighted by Gasteiger charge is 2.31. The minimum absolute atomic E-state index is 0.118. The van der Waals surface area contributed by atoms with Crippen molar-refractivity contribution in [3.63, 3.8) is 0 Å². The van der Waals surface area contributed by atoms with Gasteiger partial charge in [0.15, 0.2) is 0 Å². The monoisotopic (exact) mass is 269 g/mol. The molecule has 1 saturated carbocycles. The van der Waals surface area contributed by atoms with Crippen molar-refractivity contribution in [3.05, 3.63) is 0 Å². The Bertz CT molecular complexity index is 385. The highest BCUT2D eigenvalue weighted by Crippen LogP contribution is 2.25. The summed E-state index contributed by atoms with van der Waals surface area (Å²) in [6.07, 6.45) is 3.20. The second-order valence-electron chi connectivity index (χ2n) is 5.15. The van der Waals surface area contributed by atoms with E-state index in [1.165, 1.54) is 0 Å². The summed E-state index contributed by atoms with van der Waals surface area (Å²) >= 11 is 0. The van der Waals surface area contributed by atoms with E-state index >= 15 is 0 Å². The van der Waals surface area contributed by atoms with Gasteiger partial charge in [-0.3, -0.25) is 9.59 Å². The molecule has 1 aliphatic heterocycles. The Kier molecular flexibility index (Phi) is 4.24. The fraction of sp³-hybridized carbons (Fsp3) is 0.750. The number of hydrogen-bond acceptors (Lipinski definition) is 3. The normalized spacial score (nSPS) is 30.5. The van der Waals surface area contributed by atoms with Crippen LogP contribution in [0.25, 0.3) is 0 Å². The van der Waals surface area contributed by atoms with Crippen LogP contribution in [0.2, 0.25) is 0 Å². The molecule has 1 saturated heterocycles. The van der Waals surface area contributed by atoms with Crippen molar-refractivity contribution in [2.75, 3.05) is 6.54 Å². The SMILES string of the molecule is O=C(NC1CCCNC1=O)N[C@H]1CC[C@@H](C(=O)O)C1.